The lowest BCUT2D eigenvalue weighted by Gasteiger charge is -2.30. The summed E-state index contributed by atoms with van der Waals surface area (Å²) in [5, 5.41) is 2.90. The number of nitrogens with one attached hydrogen (secondary N) is 1. The van der Waals surface area contributed by atoms with E-state index in [1.165, 1.54) is 4.31 Å². The quantitative estimate of drug-likeness (QED) is 0.925. The number of carbonyl (C=O) groups excluding carboxylic acids is 1. The molecule has 1 heterocycles. The summed E-state index contributed by atoms with van der Waals surface area (Å²) in [6.45, 7) is 4.51. The maximum absolute atomic E-state index is 12.2. The monoisotopic (exact) mass is 310 g/mol. The maximum atomic E-state index is 12.2. The van der Waals surface area contributed by atoms with Gasteiger partial charge < -0.3 is 5.32 Å². The van der Waals surface area contributed by atoms with Crippen molar-refractivity contribution in [2.45, 2.75) is 26.7 Å². The molecule has 2 rings (SSSR count). The molecule has 1 fully saturated rings. The molecular formula is C15H22N2O3S. The molecule has 21 heavy (non-hydrogen) atoms. The van der Waals surface area contributed by atoms with Gasteiger partial charge in [-0.15, -0.1) is 0 Å². The van der Waals surface area contributed by atoms with Gasteiger partial charge in [0.15, 0.2) is 0 Å². The van der Waals surface area contributed by atoms with E-state index in [1.807, 2.05) is 31.2 Å². The van der Waals surface area contributed by atoms with Crippen molar-refractivity contribution in [3.63, 3.8) is 0 Å². The average Bonchev–Trinajstić information content (AvgIpc) is 2.49. The number of piperidine rings is 1. The number of rotatable bonds is 4. The number of carbonyl (C=O) groups is 1. The van der Waals surface area contributed by atoms with E-state index in [9.17, 15) is 13.2 Å². The van der Waals surface area contributed by atoms with E-state index in [4.69, 9.17) is 0 Å². The van der Waals surface area contributed by atoms with Crippen molar-refractivity contribution in [2.24, 2.45) is 5.92 Å². The van der Waals surface area contributed by atoms with Crippen LogP contribution >= 0.6 is 0 Å². The predicted molar refractivity (Wildman–Crippen MR) is 83.6 cm³/mol. The van der Waals surface area contributed by atoms with Crippen molar-refractivity contribution in [3.05, 3.63) is 29.8 Å². The molecule has 0 aliphatic carbocycles. The molecule has 6 heteroatoms. The van der Waals surface area contributed by atoms with E-state index in [0.29, 0.717) is 25.9 Å². The number of hydrogen-bond acceptors (Lipinski definition) is 3. The highest BCUT2D eigenvalue weighted by atomic mass is 32.2. The summed E-state index contributed by atoms with van der Waals surface area (Å²) in [4.78, 5) is 12.2. The van der Waals surface area contributed by atoms with Crippen LogP contribution in [0.1, 0.15) is 25.3 Å². The minimum Gasteiger partial charge on any atom is -0.326 e. The number of nitrogens with zero attached hydrogens (tertiary/aromatic N) is 1. The zero-order chi connectivity index (χ0) is 15.5. The van der Waals surface area contributed by atoms with Crippen molar-refractivity contribution in [1.82, 2.24) is 4.31 Å². The summed E-state index contributed by atoms with van der Waals surface area (Å²) in [6.07, 6.45) is 1.16. The highest BCUT2D eigenvalue weighted by molar-refractivity contribution is 7.89. The Hall–Kier alpha value is -1.40. The minimum absolute atomic E-state index is 0.0209. The van der Waals surface area contributed by atoms with Gasteiger partial charge in [0.2, 0.25) is 15.9 Å². The maximum Gasteiger partial charge on any atom is 0.227 e. The van der Waals surface area contributed by atoms with Crippen LogP contribution < -0.4 is 5.32 Å². The molecule has 1 aromatic rings. The van der Waals surface area contributed by atoms with Gasteiger partial charge in [0.05, 0.1) is 5.75 Å². The molecule has 0 radical (unpaired) electrons. The third-order valence-corrected chi connectivity index (χ3v) is 5.78. The van der Waals surface area contributed by atoms with Crippen LogP contribution in [0, 0.1) is 12.8 Å². The Kier molecular flexibility index (Phi) is 5.00. The highest BCUT2D eigenvalue weighted by Gasteiger charge is 2.30. The molecule has 1 aromatic carbocycles. The van der Waals surface area contributed by atoms with Gasteiger partial charge in [-0.25, -0.2) is 12.7 Å². The van der Waals surface area contributed by atoms with Gasteiger partial charge in [0.25, 0.3) is 0 Å². The van der Waals surface area contributed by atoms with E-state index >= 15 is 0 Å². The first-order chi connectivity index (χ1) is 9.92. The van der Waals surface area contributed by atoms with Crippen LogP contribution in [0.25, 0.3) is 0 Å². The molecule has 0 aromatic heterocycles. The average molecular weight is 310 g/mol. The summed E-state index contributed by atoms with van der Waals surface area (Å²) >= 11 is 0. The molecule has 1 aliphatic heterocycles. The lowest BCUT2D eigenvalue weighted by atomic mass is 9.97. The standard InChI is InChI=1S/C15H22N2O3S/c1-3-21(19,20)17-10-8-13(9-11-17)15(18)16-14-6-4-12(2)5-7-14/h4-7,13H,3,8-11H2,1-2H3,(H,16,18). The molecule has 116 valence electrons. The van der Waals surface area contributed by atoms with Crippen molar-refractivity contribution in [1.29, 1.82) is 0 Å². The van der Waals surface area contributed by atoms with Gasteiger partial charge in [0.1, 0.15) is 0 Å². The van der Waals surface area contributed by atoms with Crippen molar-refractivity contribution in [2.75, 3.05) is 24.2 Å². The van der Waals surface area contributed by atoms with E-state index in [0.717, 1.165) is 11.3 Å². The van der Waals surface area contributed by atoms with Crippen LogP contribution in [-0.4, -0.2) is 37.5 Å². The second kappa shape index (κ2) is 6.58. The fraction of sp³-hybridized carbons (Fsp3) is 0.533. The van der Waals surface area contributed by atoms with E-state index in [1.54, 1.807) is 6.92 Å². The van der Waals surface area contributed by atoms with Gasteiger partial charge >= 0.3 is 0 Å². The first kappa shape index (κ1) is 16.0. The summed E-state index contributed by atoms with van der Waals surface area (Å²) in [6, 6.07) is 7.66. The Labute approximate surface area is 126 Å². The molecular weight excluding hydrogens is 288 g/mol. The summed E-state index contributed by atoms with van der Waals surface area (Å²) in [7, 11) is -3.13. The summed E-state index contributed by atoms with van der Waals surface area (Å²) in [5.41, 5.74) is 1.93. The number of hydrogen-bond donors (Lipinski definition) is 1. The Morgan fingerprint density at radius 2 is 1.81 bits per heavy atom. The van der Waals surface area contributed by atoms with Crippen molar-refractivity contribution >= 4 is 21.6 Å². The van der Waals surface area contributed by atoms with Gasteiger partial charge in [0, 0.05) is 24.7 Å². The van der Waals surface area contributed by atoms with Crippen LogP contribution in [0.4, 0.5) is 5.69 Å². The molecule has 1 aliphatic rings. The smallest absolute Gasteiger partial charge is 0.227 e. The normalized spacial score (nSPS) is 17.6. The Morgan fingerprint density at radius 1 is 1.24 bits per heavy atom. The zero-order valence-electron chi connectivity index (χ0n) is 12.5. The molecule has 0 bridgehead atoms. The highest BCUT2D eigenvalue weighted by Crippen LogP contribution is 2.21. The van der Waals surface area contributed by atoms with Crippen molar-refractivity contribution in [3.8, 4) is 0 Å². The first-order valence-corrected chi connectivity index (χ1v) is 8.88. The summed E-state index contributed by atoms with van der Waals surface area (Å²) in [5.74, 6) is -0.0187. The number of amides is 1. The number of aryl methyl sites for hydroxylation is 1. The third-order valence-electron chi connectivity index (χ3n) is 3.90. The molecule has 0 saturated carbocycles. The molecule has 1 amide bonds. The SMILES string of the molecule is CCS(=O)(=O)N1CCC(C(=O)Nc2ccc(C)cc2)CC1. The fourth-order valence-electron chi connectivity index (χ4n) is 2.46. The van der Waals surface area contributed by atoms with E-state index in [-0.39, 0.29) is 17.6 Å². The largest absolute Gasteiger partial charge is 0.326 e. The molecule has 5 nitrogen and oxygen atoms in total. The minimum atomic E-state index is -3.13. The molecule has 0 spiro atoms. The lowest BCUT2D eigenvalue weighted by molar-refractivity contribution is -0.120. The Morgan fingerprint density at radius 3 is 2.33 bits per heavy atom. The van der Waals surface area contributed by atoms with Gasteiger partial charge in [-0.3, -0.25) is 4.79 Å². The van der Waals surface area contributed by atoms with Crippen molar-refractivity contribution < 1.29 is 13.2 Å². The predicted octanol–water partition coefficient (Wildman–Crippen LogP) is 2.00. The first-order valence-electron chi connectivity index (χ1n) is 7.27. The Balaban J connectivity index is 1.90. The van der Waals surface area contributed by atoms with Crippen LogP contribution in [0.3, 0.4) is 0 Å². The van der Waals surface area contributed by atoms with Crippen LogP contribution in [0.5, 0.6) is 0 Å². The van der Waals surface area contributed by atoms with E-state index in [2.05, 4.69) is 5.32 Å². The molecule has 1 N–H and O–H groups in total. The molecule has 1 saturated heterocycles. The van der Waals surface area contributed by atoms with Gasteiger partial charge in [-0.1, -0.05) is 17.7 Å². The molecule has 0 unspecified atom stereocenters. The van der Waals surface area contributed by atoms with Gasteiger partial charge in [-0.2, -0.15) is 0 Å². The second-order valence-corrected chi connectivity index (χ2v) is 7.69. The zero-order valence-corrected chi connectivity index (χ0v) is 13.3. The lowest BCUT2D eigenvalue weighted by Crippen LogP contribution is -2.42. The van der Waals surface area contributed by atoms with Crippen LogP contribution in [0.2, 0.25) is 0 Å². The summed E-state index contributed by atoms with van der Waals surface area (Å²) < 4.78 is 25.0. The van der Waals surface area contributed by atoms with Crippen LogP contribution in [0.15, 0.2) is 24.3 Å². The number of sulfonamides is 1. The van der Waals surface area contributed by atoms with Crippen LogP contribution in [-0.2, 0) is 14.8 Å². The fourth-order valence-corrected chi connectivity index (χ4v) is 3.59. The topological polar surface area (TPSA) is 66.5 Å². The third kappa shape index (κ3) is 4.04. The van der Waals surface area contributed by atoms with E-state index < -0.39 is 10.0 Å². The number of anilines is 1. The Bertz CT molecular complexity index is 588. The van der Waals surface area contributed by atoms with Gasteiger partial charge in [-0.05, 0) is 38.8 Å². The number of benzene rings is 1. The molecule has 0 atom stereocenters. The second-order valence-electron chi connectivity index (χ2n) is 5.43.